The number of carbonyl (C=O) groups is 2. The summed E-state index contributed by atoms with van der Waals surface area (Å²) in [5.41, 5.74) is 1.53. The van der Waals surface area contributed by atoms with E-state index in [9.17, 15) is 14.7 Å². The van der Waals surface area contributed by atoms with Crippen LogP contribution in [0.4, 0.5) is 9.80 Å². The molecule has 110 valence electrons. The lowest BCUT2D eigenvalue weighted by molar-refractivity contribution is 0.0682. The molecule has 0 fully saturated rings. The number of aromatic carboxylic acids is 1. The van der Waals surface area contributed by atoms with E-state index in [0.29, 0.717) is 18.5 Å². The van der Waals surface area contributed by atoms with E-state index < -0.39 is 5.97 Å². The Kier molecular flexibility index (Phi) is 3.38. The van der Waals surface area contributed by atoms with Crippen molar-refractivity contribution in [1.82, 2.24) is 14.7 Å². The van der Waals surface area contributed by atoms with Crippen molar-refractivity contribution in [2.24, 2.45) is 7.05 Å². The van der Waals surface area contributed by atoms with Gasteiger partial charge in [-0.25, -0.2) is 9.59 Å². The van der Waals surface area contributed by atoms with Crippen LogP contribution in [-0.2, 0) is 20.0 Å². The molecule has 3 heterocycles. The minimum atomic E-state index is -1.02. The van der Waals surface area contributed by atoms with Gasteiger partial charge in [0.05, 0.1) is 17.2 Å². The largest absolute Gasteiger partial charge is 0.477 e. The molecular weight excluding hydrogens is 292 g/mol. The molecule has 1 aliphatic heterocycles. The maximum atomic E-state index is 12.2. The SMILES string of the molecule is Cn1nc2c(c1C(=O)O)CN(C(=O)Nc1cccs1)CC2. The van der Waals surface area contributed by atoms with Crippen molar-refractivity contribution in [2.75, 3.05) is 11.9 Å². The molecule has 21 heavy (non-hydrogen) atoms. The molecule has 1 aliphatic rings. The van der Waals surface area contributed by atoms with Gasteiger partial charge >= 0.3 is 12.0 Å². The number of carbonyl (C=O) groups excluding carboxylic acids is 1. The van der Waals surface area contributed by atoms with Crippen molar-refractivity contribution < 1.29 is 14.7 Å². The number of amides is 2. The summed E-state index contributed by atoms with van der Waals surface area (Å²) >= 11 is 1.44. The van der Waals surface area contributed by atoms with Crippen molar-refractivity contribution in [3.8, 4) is 0 Å². The first-order valence-corrected chi connectivity index (χ1v) is 7.31. The number of anilines is 1. The quantitative estimate of drug-likeness (QED) is 0.885. The fourth-order valence-corrected chi connectivity index (χ4v) is 3.08. The average molecular weight is 306 g/mol. The summed E-state index contributed by atoms with van der Waals surface area (Å²) in [5.74, 6) is -1.02. The molecule has 0 aromatic carbocycles. The molecule has 0 saturated carbocycles. The highest BCUT2D eigenvalue weighted by Crippen LogP contribution is 2.23. The Labute approximate surface area is 124 Å². The van der Waals surface area contributed by atoms with E-state index >= 15 is 0 Å². The van der Waals surface area contributed by atoms with Gasteiger partial charge in [-0.15, -0.1) is 11.3 Å². The number of nitrogens with one attached hydrogen (secondary N) is 1. The van der Waals surface area contributed by atoms with E-state index in [1.54, 1.807) is 11.9 Å². The van der Waals surface area contributed by atoms with Gasteiger partial charge in [0.15, 0.2) is 5.69 Å². The number of carboxylic acids is 1. The number of fused-ring (bicyclic) bond motifs is 1. The van der Waals surface area contributed by atoms with E-state index in [0.717, 1.165) is 10.7 Å². The predicted octanol–water partition coefficient (Wildman–Crippen LogP) is 1.77. The highest BCUT2D eigenvalue weighted by Gasteiger charge is 2.29. The summed E-state index contributed by atoms with van der Waals surface area (Å²) in [7, 11) is 1.61. The minimum Gasteiger partial charge on any atom is -0.477 e. The average Bonchev–Trinajstić information content (AvgIpc) is 3.03. The highest BCUT2D eigenvalue weighted by atomic mass is 32.1. The molecule has 2 N–H and O–H groups in total. The van der Waals surface area contributed by atoms with Crippen LogP contribution in [0.5, 0.6) is 0 Å². The molecule has 0 aliphatic carbocycles. The molecule has 0 bridgehead atoms. The van der Waals surface area contributed by atoms with Crippen LogP contribution in [0, 0.1) is 0 Å². The van der Waals surface area contributed by atoms with E-state index in [2.05, 4.69) is 10.4 Å². The molecule has 0 atom stereocenters. The molecule has 2 aromatic heterocycles. The lowest BCUT2D eigenvalue weighted by Crippen LogP contribution is -2.39. The Hall–Kier alpha value is -2.35. The third kappa shape index (κ3) is 2.49. The zero-order chi connectivity index (χ0) is 15.0. The van der Waals surface area contributed by atoms with Crippen molar-refractivity contribution in [2.45, 2.75) is 13.0 Å². The van der Waals surface area contributed by atoms with Gasteiger partial charge in [-0.1, -0.05) is 0 Å². The molecule has 0 spiro atoms. The predicted molar refractivity (Wildman–Crippen MR) is 77.6 cm³/mol. The molecule has 8 heteroatoms. The van der Waals surface area contributed by atoms with E-state index in [1.807, 2.05) is 17.5 Å². The smallest absolute Gasteiger partial charge is 0.354 e. The van der Waals surface area contributed by atoms with Gasteiger partial charge in [0.25, 0.3) is 0 Å². The lowest BCUT2D eigenvalue weighted by Gasteiger charge is -2.26. The summed E-state index contributed by atoms with van der Waals surface area (Å²) in [6, 6.07) is 3.46. The zero-order valence-electron chi connectivity index (χ0n) is 11.4. The van der Waals surface area contributed by atoms with Crippen molar-refractivity contribution >= 4 is 28.3 Å². The van der Waals surface area contributed by atoms with Crippen LogP contribution in [0.1, 0.15) is 21.7 Å². The summed E-state index contributed by atoms with van der Waals surface area (Å²) in [6.07, 6.45) is 0.564. The number of hydrogen-bond acceptors (Lipinski definition) is 4. The van der Waals surface area contributed by atoms with Crippen LogP contribution >= 0.6 is 11.3 Å². The van der Waals surface area contributed by atoms with E-state index in [-0.39, 0.29) is 18.3 Å². The van der Waals surface area contributed by atoms with Gasteiger partial charge in [0.2, 0.25) is 0 Å². The van der Waals surface area contributed by atoms with E-state index in [1.165, 1.54) is 16.0 Å². The lowest BCUT2D eigenvalue weighted by atomic mass is 10.1. The number of thiophene rings is 1. The second kappa shape index (κ2) is 5.21. The van der Waals surface area contributed by atoms with Crippen molar-refractivity contribution in [3.63, 3.8) is 0 Å². The zero-order valence-corrected chi connectivity index (χ0v) is 12.2. The van der Waals surface area contributed by atoms with Crippen molar-refractivity contribution in [1.29, 1.82) is 0 Å². The van der Waals surface area contributed by atoms with Crippen LogP contribution in [0.25, 0.3) is 0 Å². The maximum absolute atomic E-state index is 12.2. The van der Waals surface area contributed by atoms with Crippen LogP contribution in [-0.4, -0.2) is 38.3 Å². The van der Waals surface area contributed by atoms with Crippen LogP contribution in [0.2, 0.25) is 0 Å². The number of nitrogens with zero attached hydrogens (tertiary/aromatic N) is 3. The minimum absolute atomic E-state index is 0.152. The summed E-state index contributed by atoms with van der Waals surface area (Å²) < 4.78 is 1.37. The van der Waals surface area contributed by atoms with Crippen molar-refractivity contribution in [3.05, 3.63) is 34.5 Å². The molecular formula is C13H14N4O3S. The number of carboxylic acid groups (broad SMARTS) is 1. The Balaban J connectivity index is 1.80. The number of hydrogen-bond donors (Lipinski definition) is 2. The normalized spacial score (nSPS) is 13.9. The first-order valence-electron chi connectivity index (χ1n) is 6.43. The molecule has 2 aromatic rings. The van der Waals surface area contributed by atoms with E-state index in [4.69, 9.17) is 0 Å². The number of urea groups is 1. The molecule has 0 radical (unpaired) electrons. The van der Waals surface area contributed by atoms with Gasteiger partial charge in [0, 0.05) is 25.6 Å². The van der Waals surface area contributed by atoms with Gasteiger partial charge in [-0.05, 0) is 17.5 Å². The Bertz CT molecular complexity index is 693. The number of aromatic nitrogens is 2. The molecule has 3 rings (SSSR count). The second-order valence-corrected chi connectivity index (χ2v) is 5.73. The third-order valence-corrected chi connectivity index (χ3v) is 4.22. The Morgan fingerprint density at radius 3 is 2.95 bits per heavy atom. The van der Waals surface area contributed by atoms with Gasteiger partial charge in [0.1, 0.15) is 0 Å². The Morgan fingerprint density at radius 1 is 1.48 bits per heavy atom. The molecule has 0 unspecified atom stereocenters. The second-order valence-electron chi connectivity index (χ2n) is 4.78. The van der Waals surface area contributed by atoms with Crippen LogP contribution in [0.15, 0.2) is 17.5 Å². The maximum Gasteiger partial charge on any atom is 0.354 e. The van der Waals surface area contributed by atoms with Gasteiger partial charge in [-0.3, -0.25) is 10.00 Å². The summed E-state index contributed by atoms with van der Waals surface area (Å²) in [6.45, 7) is 0.794. The Morgan fingerprint density at radius 2 is 2.29 bits per heavy atom. The fraction of sp³-hybridized carbons (Fsp3) is 0.308. The molecule has 0 saturated heterocycles. The van der Waals surface area contributed by atoms with Gasteiger partial charge < -0.3 is 10.0 Å². The van der Waals surface area contributed by atoms with Crippen LogP contribution in [0.3, 0.4) is 0 Å². The summed E-state index contributed by atoms with van der Waals surface area (Å²) in [4.78, 5) is 25.1. The molecule has 7 nitrogen and oxygen atoms in total. The third-order valence-electron chi connectivity index (χ3n) is 3.44. The van der Waals surface area contributed by atoms with Gasteiger partial charge in [-0.2, -0.15) is 5.10 Å². The van der Waals surface area contributed by atoms with Crippen LogP contribution < -0.4 is 5.32 Å². The fourth-order valence-electron chi connectivity index (χ4n) is 2.48. The topological polar surface area (TPSA) is 87.5 Å². The first-order chi connectivity index (χ1) is 10.1. The number of aryl methyl sites for hydroxylation is 1. The monoisotopic (exact) mass is 306 g/mol. The highest BCUT2D eigenvalue weighted by molar-refractivity contribution is 7.14. The molecule has 2 amide bonds. The summed E-state index contributed by atoms with van der Waals surface area (Å²) in [5, 5.41) is 19.0. The first kappa shape index (κ1) is 13.6. The number of rotatable bonds is 2. The standard InChI is InChI=1S/C13H14N4O3S/c1-16-11(12(18)19)8-7-17(5-4-9(8)15-16)13(20)14-10-3-2-6-21-10/h2-3,6H,4-5,7H2,1H3,(H,14,20)(H,18,19).